The van der Waals surface area contributed by atoms with Crippen LogP contribution in [-0.2, 0) is 74.9 Å². The summed E-state index contributed by atoms with van der Waals surface area (Å²) in [4.78, 5) is 112. The fourth-order valence-electron chi connectivity index (χ4n) is 10.0. The fraction of sp³-hybridized carbons (Fsp3) is 0.810. The Kier molecular flexibility index (Phi) is 41.0. The number of aliphatic hydroxyl groups excluding tert-OH is 2. The summed E-state index contributed by atoms with van der Waals surface area (Å²) in [7, 11) is -8.45. The van der Waals surface area contributed by atoms with E-state index in [2.05, 4.69) is 30.1 Å². The van der Waals surface area contributed by atoms with Crippen LogP contribution in [0.1, 0.15) is 182 Å². The van der Waals surface area contributed by atoms with Gasteiger partial charge in [0.05, 0.1) is 71.3 Å². The van der Waals surface area contributed by atoms with Crippen molar-refractivity contribution >= 4 is 67.7 Å². The van der Waals surface area contributed by atoms with Crippen LogP contribution < -0.4 is 27.8 Å². The molecule has 0 radical (unpaired) electrons. The number of phosphoric ester groups is 2. The third-order valence-electron chi connectivity index (χ3n) is 14.9. The van der Waals surface area contributed by atoms with Gasteiger partial charge in [0.2, 0.25) is 17.7 Å². The second-order valence-electron chi connectivity index (χ2n) is 22.3. The number of imidazole rings is 1. The number of amides is 3. The molecular weight excluding hydrogens is 1220 g/mol. The Morgan fingerprint density at radius 3 is 1.82 bits per heavy atom. The Morgan fingerprint density at radius 1 is 0.678 bits per heavy atom. The van der Waals surface area contributed by atoms with Crippen LogP contribution in [0.5, 0.6) is 0 Å². The number of aliphatic hydroxyl groups is 2. The first-order valence-electron chi connectivity index (χ1n) is 30.8. The van der Waals surface area contributed by atoms with Gasteiger partial charge in [-0.25, -0.2) is 24.1 Å². The van der Waals surface area contributed by atoms with E-state index in [-0.39, 0.29) is 165 Å². The van der Waals surface area contributed by atoms with Crippen molar-refractivity contribution in [2.75, 3.05) is 98.5 Å². The average molecular weight is 1330 g/mol. The van der Waals surface area contributed by atoms with Gasteiger partial charge in [-0.2, -0.15) is 0 Å². The van der Waals surface area contributed by atoms with E-state index in [1.54, 1.807) is 0 Å². The molecule has 0 aromatic carbocycles. The molecule has 2 saturated heterocycles. The largest absolute Gasteiger partial charge is 0.472 e. The molecule has 0 spiro atoms. The number of Topliss-reactive ketones (excluding diaryl/α,β-unsaturated/α-hetero) is 3. The molecule has 2 aliphatic rings. The lowest BCUT2D eigenvalue weighted by Crippen LogP contribution is -2.58. The molecule has 518 valence electrons. The number of hydrogen-bond donors (Lipinski definition) is 9. The normalized spacial score (nSPS) is 18.8. The van der Waals surface area contributed by atoms with Crippen molar-refractivity contribution in [3.8, 4) is 0 Å². The minimum Gasteiger partial charge on any atom is -0.396 e. The number of unbranched alkanes of at least 4 members (excludes halogenated alkanes) is 9. The number of nitrogen functional groups attached to an aromatic ring is 1. The molecule has 4 rings (SSSR count). The molecule has 2 fully saturated rings. The van der Waals surface area contributed by atoms with E-state index in [1.807, 2.05) is 0 Å². The zero-order chi connectivity index (χ0) is 64.2. The monoisotopic (exact) mass is 1320 g/mol. The van der Waals surface area contributed by atoms with Crippen LogP contribution in [0, 0.1) is 0 Å². The van der Waals surface area contributed by atoms with Crippen LogP contribution in [0.4, 0.5) is 5.82 Å². The molecule has 30 nitrogen and oxygen atoms in total. The van der Waals surface area contributed by atoms with E-state index in [9.17, 15) is 52.8 Å². The predicted octanol–water partition coefficient (Wildman–Crippen LogP) is 4.81. The molecule has 12 N–H and O–H groups in total. The summed E-state index contributed by atoms with van der Waals surface area (Å²) in [6, 6.07) is -0.759. The van der Waals surface area contributed by atoms with Crippen LogP contribution in [-0.4, -0.2) is 202 Å². The maximum atomic E-state index is 13.7. The van der Waals surface area contributed by atoms with E-state index in [1.165, 1.54) is 22.1 Å². The number of β-amino-alcohol motifs (C(OH)–C–C–N with tert-alkyl or cyclic N) is 1. The third kappa shape index (κ3) is 32.0. The van der Waals surface area contributed by atoms with Gasteiger partial charge in [0.25, 0.3) is 0 Å². The summed E-state index contributed by atoms with van der Waals surface area (Å²) in [5, 5.41) is 25.4. The van der Waals surface area contributed by atoms with Crippen molar-refractivity contribution in [2.24, 2.45) is 11.5 Å². The van der Waals surface area contributed by atoms with E-state index in [4.69, 9.17) is 54.8 Å². The molecule has 3 amide bonds. The number of likely N-dealkylation sites (tertiary alicyclic amines) is 1. The number of aromatic nitrogens is 4. The summed E-state index contributed by atoms with van der Waals surface area (Å²) >= 11 is 0. The molecule has 4 heterocycles. The van der Waals surface area contributed by atoms with Crippen LogP contribution in [0.25, 0.3) is 11.2 Å². The number of fused-ring (bicyclic) bond motifs is 1. The predicted molar refractivity (Wildman–Crippen MR) is 334 cm³/mol. The van der Waals surface area contributed by atoms with Crippen molar-refractivity contribution in [3.05, 3.63) is 12.7 Å². The Bertz CT molecular complexity index is 2490. The fourth-order valence-corrected chi connectivity index (χ4v) is 11.4. The van der Waals surface area contributed by atoms with Crippen molar-refractivity contribution in [1.82, 2.24) is 35.1 Å². The van der Waals surface area contributed by atoms with Crippen molar-refractivity contribution < 1.29 is 94.9 Å². The highest BCUT2D eigenvalue weighted by Gasteiger charge is 2.45. The lowest BCUT2D eigenvalue weighted by atomic mass is 10.0. The molecule has 7 atom stereocenters. The zero-order valence-electron chi connectivity index (χ0n) is 51.1. The highest BCUT2D eigenvalue weighted by atomic mass is 31.2. The summed E-state index contributed by atoms with van der Waals surface area (Å²) in [6.45, 7) is 0.217. The molecule has 2 aliphatic heterocycles. The lowest BCUT2D eigenvalue weighted by Gasteiger charge is -2.34. The maximum absolute atomic E-state index is 13.7. The molecule has 0 aliphatic carbocycles. The quantitative estimate of drug-likeness (QED) is 0.0317. The van der Waals surface area contributed by atoms with E-state index in [0.717, 1.165) is 32.8 Å². The number of carbonyl (C=O) groups excluding carboxylic acids is 6. The van der Waals surface area contributed by atoms with Gasteiger partial charge in [-0.1, -0.05) is 40.5 Å². The molecule has 0 bridgehead atoms. The summed E-state index contributed by atoms with van der Waals surface area (Å²) in [5.41, 5.74) is 16.4. The number of ether oxygens (including phenoxy) is 4. The van der Waals surface area contributed by atoms with Gasteiger partial charge in [0.15, 0.2) is 11.5 Å². The van der Waals surface area contributed by atoms with Gasteiger partial charge >= 0.3 is 15.6 Å². The second kappa shape index (κ2) is 45.1. The molecule has 0 saturated carbocycles. The Labute approximate surface area is 530 Å². The first-order chi connectivity index (χ1) is 42.2. The van der Waals surface area contributed by atoms with Gasteiger partial charge in [-0.3, -0.25) is 51.4 Å². The average Bonchev–Trinajstić information content (AvgIpc) is 1.64. The van der Waals surface area contributed by atoms with Crippen LogP contribution >= 0.6 is 15.6 Å². The smallest absolute Gasteiger partial charge is 0.396 e. The van der Waals surface area contributed by atoms with Gasteiger partial charge in [-0.15, -0.1) is 0 Å². The molecule has 2 unspecified atom stereocenters. The van der Waals surface area contributed by atoms with Crippen molar-refractivity contribution in [2.45, 2.75) is 211 Å². The summed E-state index contributed by atoms with van der Waals surface area (Å²) in [6.07, 6.45) is 9.69. The number of phosphoric acid groups is 2. The summed E-state index contributed by atoms with van der Waals surface area (Å²) < 4.78 is 71.8. The number of anilines is 1. The lowest BCUT2D eigenvalue weighted by molar-refractivity contribution is -0.133. The zero-order valence-corrected chi connectivity index (χ0v) is 52.9. The summed E-state index contributed by atoms with van der Waals surface area (Å²) in [5.74, 6) is -0.576. The first kappa shape index (κ1) is 81.8. The second-order valence-corrected chi connectivity index (χ2v) is 25.3. The van der Waals surface area contributed by atoms with Gasteiger partial charge in [0.1, 0.15) is 53.2 Å². The van der Waals surface area contributed by atoms with Crippen molar-refractivity contribution in [3.63, 3.8) is 0 Å². The van der Waals surface area contributed by atoms with Gasteiger partial charge in [-0.05, 0) is 83.7 Å². The molecule has 32 heteroatoms. The van der Waals surface area contributed by atoms with Crippen LogP contribution in [0.2, 0.25) is 0 Å². The van der Waals surface area contributed by atoms with E-state index in [0.29, 0.717) is 110 Å². The number of nitrogens with two attached hydrogens (primary N) is 3. The van der Waals surface area contributed by atoms with E-state index >= 15 is 0 Å². The molecular formula is C58H106N10O20P2. The topological polar surface area (TPSA) is 440 Å². The Morgan fingerprint density at radius 2 is 1.22 bits per heavy atom. The highest BCUT2D eigenvalue weighted by molar-refractivity contribution is 7.47. The third-order valence-corrected chi connectivity index (χ3v) is 16.9. The van der Waals surface area contributed by atoms with Crippen LogP contribution in [0.3, 0.4) is 0 Å². The molecule has 2 aromatic rings. The molecule has 2 aromatic heterocycles. The Balaban J connectivity index is 0.0000138. The standard InChI is InChI=1S/C56H98N10O20P2.2CH4/c1-79-87(75,76)84-36-48-47(33-52(85-48)66-41-63-53-54(59)61-40-62-55(53)66)86-88(77,78)83-35-42-32-46(71)34-65(42)51(74)21-7-5-3-2-4-6-20-50(73)64-56(37-80-29-22-44(69)16-8-12-25-57,38-81-30-23-45(70)17-9-13-26-58)39-82-31-24-49(72)60-27-14-10-18-43(68)19-11-15-28-67;;/h40-42,46-48,52,67,71H,2-39,57-58H2,1H3,(H,60,72)(H,64,73)(H,75,76)(H,77,78)(H2,59,61,62);2*1H4/t42-,46+,47-,48+,52+;;/m0../s1. The first-order valence-corrected chi connectivity index (χ1v) is 33.8. The van der Waals surface area contributed by atoms with E-state index < -0.39 is 65.0 Å². The number of rotatable bonds is 52. The number of nitrogens with one attached hydrogen (secondary N) is 2. The minimum absolute atomic E-state index is 0. The van der Waals surface area contributed by atoms with Gasteiger partial charge < -0.3 is 71.7 Å². The number of hydrogen-bond acceptors (Lipinski definition) is 24. The van der Waals surface area contributed by atoms with Crippen molar-refractivity contribution in [1.29, 1.82) is 0 Å². The van der Waals surface area contributed by atoms with Gasteiger partial charge in [0, 0.05) is 91.0 Å². The Hall–Kier alpha value is -4.33. The number of carbonyl (C=O) groups is 6. The number of ketones is 3. The molecule has 90 heavy (non-hydrogen) atoms. The highest BCUT2D eigenvalue weighted by Crippen LogP contribution is 2.50. The maximum Gasteiger partial charge on any atom is 0.472 e. The number of nitrogens with zero attached hydrogens (tertiary/aromatic N) is 5. The SMILES string of the molecule is C.C.COP(=O)(O)OC[C@H]1O[C@@H](n2cnc3c(N)ncnc32)C[C@@H]1OP(=O)(O)OC[C@@H]1C[C@@H](O)CN1C(=O)CCCCCCCCC(=O)NC(COCCC(=O)CCCCN)(COCCC(=O)CCCCN)COCCC(=O)NCCCCC(=O)CCCCO. The minimum atomic E-state index is -4.92. The van der Waals surface area contributed by atoms with Crippen LogP contribution in [0.15, 0.2) is 12.7 Å².